The first kappa shape index (κ1) is 11.0. The summed E-state index contributed by atoms with van der Waals surface area (Å²) in [5, 5.41) is 10.4. The van der Waals surface area contributed by atoms with Crippen molar-refractivity contribution < 1.29 is 19.2 Å². The largest absolute Gasteiger partial charge is 0.513 e. The van der Waals surface area contributed by atoms with Gasteiger partial charge >= 0.3 is 6.16 Å². The number of non-ortho nitro benzene ring substituents is 1. The molecule has 6 heteroatoms. The van der Waals surface area contributed by atoms with Gasteiger partial charge in [-0.2, -0.15) is 0 Å². The molecule has 0 fully saturated rings. The summed E-state index contributed by atoms with van der Waals surface area (Å²) >= 11 is 0. The third-order valence-corrected chi connectivity index (χ3v) is 1.73. The molecule has 0 aliphatic rings. The summed E-state index contributed by atoms with van der Waals surface area (Å²) in [6.45, 7) is 1.60. The van der Waals surface area contributed by atoms with Gasteiger partial charge in [0, 0.05) is 12.1 Å². The molecule has 0 heterocycles. The van der Waals surface area contributed by atoms with Gasteiger partial charge in [0.15, 0.2) is 0 Å². The number of hydrogen-bond donors (Lipinski definition) is 0. The fraction of sp³-hybridized carbons (Fsp3) is 0.222. The number of hydrogen-bond acceptors (Lipinski definition) is 5. The Morgan fingerprint density at radius 2 is 2.13 bits per heavy atom. The standard InChI is InChI=1S/C9H9NO5/c1-6-5-7(10(12)13)3-4-8(6)15-9(11)14-2/h3-5H,1-2H3. The van der Waals surface area contributed by atoms with Gasteiger partial charge in [-0.05, 0) is 18.6 Å². The second-order valence-corrected chi connectivity index (χ2v) is 2.76. The third-order valence-electron chi connectivity index (χ3n) is 1.73. The summed E-state index contributed by atoms with van der Waals surface area (Å²) in [7, 11) is 1.18. The Kier molecular flexibility index (Phi) is 3.22. The van der Waals surface area contributed by atoms with Crippen LogP contribution in [-0.4, -0.2) is 18.2 Å². The summed E-state index contributed by atoms with van der Waals surface area (Å²) in [4.78, 5) is 20.7. The van der Waals surface area contributed by atoms with E-state index < -0.39 is 11.1 Å². The van der Waals surface area contributed by atoms with Crippen molar-refractivity contribution in [1.29, 1.82) is 0 Å². The van der Waals surface area contributed by atoms with Crippen LogP contribution in [0, 0.1) is 17.0 Å². The van der Waals surface area contributed by atoms with E-state index in [1.807, 2.05) is 0 Å². The molecule has 1 rings (SSSR count). The maximum Gasteiger partial charge on any atom is 0.513 e. The van der Waals surface area contributed by atoms with Crippen LogP contribution in [0.2, 0.25) is 0 Å². The number of nitro groups is 1. The van der Waals surface area contributed by atoms with E-state index in [1.165, 1.54) is 25.3 Å². The number of aryl methyl sites for hydroxylation is 1. The minimum absolute atomic E-state index is 0.0512. The Balaban J connectivity index is 2.93. The van der Waals surface area contributed by atoms with Crippen LogP contribution in [0.1, 0.15) is 5.56 Å². The van der Waals surface area contributed by atoms with E-state index in [2.05, 4.69) is 4.74 Å². The number of carbonyl (C=O) groups is 1. The number of nitro benzene ring substituents is 1. The summed E-state index contributed by atoms with van der Waals surface area (Å²) in [6, 6.07) is 3.92. The normalized spacial score (nSPS) is 9.47. The SMILES string of the molecule is COC(=O)Oc1ccc([N+](=O)[O-])cc1C. The van der Waals surface area contributed by atoms with E-state index in [-0.39, 0.29) is 11.4 Å². The van der Waals surface area contributed by atoms with Crippen LogP contribution in [0.5, 0.6) is 5.75 Å². The predicted molar refractivity (Wildman–Crippen MR) is 50.9 cm³/mol. The molecule has 0 saturated carbocycles. The molecule has 0 unspecified atom stereocenters. The summed E-state index contributed by atoms with van der Waals surface area (Å²) < 4.78 is 9.04. The average molecular weight is 211 g/mol. The van der Waals surface area contributed by atoms with Crippen LogP contribution >= 0.6 is 0 Å². The fourth-order valence-electron chi connectivity index (χ4n) is 0.993. The van der Waals surface area contributed by atoms with Crippen molar-refractivity contribution in [1.82, 2.24) is 0 Å². The van der Waals surface area contributed by atoms with Gasteiger partial charge in [0.2, 0.25) is 0 Å². The maximum atomic E-state index is 10.8. The van der Waals surface area contributed by atoms with Crippen LogP contribution in [-0.2, 0) is 4.74 Å². The highest BCUT2D eigenvalue weighted by Gasteiger charge is 2.11. The van der Waals surface area contributed by atoms with Crippen LogP contribution in [0.3, 0.4) is 0 Å². The molecule has 0 atom stereocenters. The summed E-state index contributed by atoms with van der Waals surface area (Å²) in [5.41, 5.74) is 0.444. The van der Waals surface area contributed by atoms with Gasteiger partial charge in [-0.3, -0.25) is 10.1 Å². The Bertz CT molecular complexity index is 401. The van der Waals surface area contributed by atoms with Crippen molar-refractivity contribution in [3.8, 4) is 5.75 Å². The van der Waals surface area contributed by atoms with Gasteiger partial charge in [0.1, 0.15) is 5.75 Å². The van der Waals surface area contributed by atoms with E-state index >= 15 is 0 Å². The lowest BCUT2D eigenvalue weighted by Crippen LogP contribution is -2.08. The quantitative estimate of drug-likeness (QED) is 0.323. The van der Waals surface area contributed by atoms with Crippen molar-refractivity contribution in [3.63, 3.8) is 0 Å². The van der Waals surface area contributed by atoms with E-state index in [0.29, 0.717) is 5.56 Å². The molecule has 0 aromatic heterocycles. The Morgan fingerprint density at radius 3 is 2.60 bits per heavy atom. The molecule has 0 aliphatic heterocycles. The second-order valence-electron chi connectivity index (χ2n) is 2.76. The molecule has 0 spiro atoms. The number of benzene rings is 1. The molecule has 80 valence electrons. The minimum atomic E-state index is -0.855. The monoisotopic (exact) mass is 211 g/mol. The van der Waals surface area contributed by atoms with Crippen molar-refractivity contribution in [2.24, 2.45) is 0 Å². The molecule has 0 aliphatic carbocycles. The zero-order chi connectivity index (χ0) is 11.4. The molecule has 0 radical (unpaired) electrons. The van der Waals surface area contributed by atoms with E-state index in [9.17, 15) is 14.9 Å². The number of methoxy groups -OCH3 is 1. The highest BCUT2D eigenvalue weighted by Crippen LogP contribution is 2.23. The van der Waals surface area contributed by atoms with Gasteiger partial charge in [0.05, 0.1) is 12.0 Å². The Morgan fingerprint density at radius 1 is 1.47 bits per heavy atom. The molecule has 0 N–H and O–H groups in total. The van der Waals surface area contributed by atoms with Crippen LogP contribution in [0.25, 0.3) is 0 Å². The first-order valence-corrected chi connectivity index (χ1v) is 4.05. The van der Waals surface area contributed by atoms with E-state index in [4.69, 9.17) is 4.74 Å². The molecule has 1 aromatic carbocycles. The molecule has 15 heavy (non-hydrogen) atoms. The maximum absolute atomic E-state index is 10.8. The zero-order valence-corrected chi connectivity index (χ0v) is 8.22. The third kappa shape index (κ3) is 2.67. The van der Waals surface area contributed by atoms with Gasteiger partial charge in [-0.1, -0.05) is 0 Å². The Hall–Kier alpha value is -2.11. The predicted octanol–water partition coefficient (Wildman–Crippen LogP) is 2.05. The number of carbonyl (C=O) groups excluding carboxylic acids is 1. The second kappa shape index (κ2) is 4.41. The lowest BCUT2D eigenvalue weighted by Gasteiger charge is -2.04. The highest BCUT2D eigenvalue weighted by molar-refractivity contribution is 5.64. The van der Waals surface area contributed by atoms with Crippen LogP contribution in [0.15, 0.2) is 18.2 Å². The molecule has 0 bridgehead atoms. The minimum Gasteiger partial charge on any atom is -0.437 e. The van der Waals surface area contributed by atoms with E-state index in [1.54, 1.807) is 6.92 Å². The first-order chi connectivity index (χ1) is 7.04. The van der Waals surface area contributed by atoms with Crippen molar-refractivity contribution in [2.45, 2.75) is 6.92 Å². The number of rotatable bonds is 2. The lowest BCUT2D eigenvalue weighted by atomic mass is 10.2. The lowest BCUT2D eigenvalue weighted by molar-refractivity contribution is -0.384. The summed E-state index contributed by atoms with van der Waals surface area (Å²) in [5.74, 6) is 0.243. The van der Waals surface area contributed by atoms with Crippen molar-refractivity contribution in [3.05, 3.63) is 33.9 Å². The fourth-order valence-corrected chi connectivity index (χ4v) is 0.993. The highest BCUT2D eigenvalue weighted by atomic mass is 16.7. The van der Waals surface area contributed by atoms with Crippen molar-refractivity contribution in [2.75, 3.05) is 7.11 Å². The summed E-state index contributed by atoms with van der Waals surface area (Å²) in [6.07, 6.45) is -0.855. The van der Waals surface area contributed by atoms with E-state index in [0.717, 1.165) is 0 Å². The molecule has 0 amide bonds. The first-order valence-electron chi connectivity index (χ1n) is 4.05. The molecular weight excluding hydrogens is 202 g/mol. The van der Waals surface area contributed by atoms with Gasteiger partial charge < -0.3 is 9.47 Å². The molecule has 6 nitrogen and oxygen atoms in total. The average Bonchev–Trinajstić information content (AvgIpc) is 2.20. The van der Waals surface area contributed by atoms with Crippen molar-refractivity contribution >= 4 is 11.8 Å². The van der Waals surface area contributed by atoms with Gasteiger partial charge in [-0.15, -0.1) is 0 Å². The molecule has 0 saturated heterocycles. The number of ether oxygens (including phenoxy) is 2. The topological polar surface area (TPSA) is 78.7 Å². The number of nitrogens with zero attached hydrogens (tertiary/aromatic N) is 1. The van der Waals surface area contributed by atoms with Crippen LogP contribution in [0.4, 0.5) is 10.5 Å². The molecule has 1 aromatic rings. The van der Waals surface area contributed by atoms with Gasteiger partial charge in [-0.25, -0.2) is 4.79 Å². The Labute approximate surface area is 85.6 Å². The zero-order valence-electron chi connectivity index (χ0n) is 8.22. The van der Waals surface area contributed by atoms with Gasteiger partial charge in [0.25, 0.3) is 5.69 Å². The molecular formula is C9H9NO5. The smallest absolute Gasteiger partial charge is 0.437 e. The van der Waals surface area contributed by atoms with Crippen LogP contribution < -0.4 is 4.74 Å².